The number of benzene rings is 1. The molecule has 1 amide bonds. The van der Waals surface area contributed by atoms with Crippen molar-refractivity contribution in [3.05, 3.63) is 36.2 Å². The van der Waals surface area contributed by atoms with Gasteiger partial charge in [0.2, 0.25) is 5.91 Å². The average Bonchev–Trinajstić information content (AvgIpc) is 2.97. The van der Waals surface area contributed by atoms with E-state index in [1.807, 2.05) is 41.8 Å². The first-order chi connectivity index (χ1) is 11.7. The second-order valence-electron chi connectivity index (χ2n) is 5.54. The molecule has 2 aromatic rings. The third-order valence-corrected chi connectivity index (χ3v) is 4.52. The maximum absolute atomic E-state index is 12.0. The Morgan fingerprint density at radius 2 is 1.92 bits per heavy atom. The van der Waals surface area contributed by atoms with Crippen LogP contribution >= 0.6 is 11.8 Å². The largest absolute Gasteiger partial charge is 0.355 e. The standard InChI is InChI=1S/C17H25N5OS/c1-14-20-21-17(22(14)15-9-5-4-6-10-15)24-13-16(23)19-12-8-3-2-7-11-18/h4-6,9-10H,2-3,7-8,11-13,18H2,1H3,(H,19,23). The first-order valence-corrected chi connectivity index (χ1v) is 9.28. The SMILES string of the molecule is Cc1nnc(SCC(=O)NCCCCCCN)n1-c1ccccc1. The van der Waals surface area contributed by atoms with Gasteiger partial charge in [-0.05, 0) is 38.4 Å². The zero-order chi connectivity index (χ0) is 17.2. The molecule has 1 aromatic heterocycles. The number of rotatable bonds is 10. The summed E-state index contributed by atoms with van der Waals surface area (Å²) in [4.78, 5) is 12.0. The summed E-state index contributed by atoms with van der Waals surface area (Å²) in [5.41, 5.74) is 6.46. The van der Waals surface area contributed by atoms with Gasteiger partial charge in [-0.2, -0.15) is 0 Å². The van der Waals surface area contributed by atoms with Crippen molar-refractivity contribution in [1.82, 2.24) is 20.1 Å². The molecule has 0 bridgehead atoms. The number of carbonyl (C=O) groups is 1. The highest BCUT2D eigenvalue weighted by Gasteiger charge is 2.12. The first kappa shape index (κ1) is 18.5. The summed E-state index contributed by atoms with van der Waals surface area (Å²) in [5, 5.41) is 12.0. The quantitative estimate of drug-likeness (QED) is 0.509. The van der Waals surface area contributed by atoms with Crippen LogP contribution in [0.5, 0.6) is 0 Å². The number of nitrogens with zero attached hydrogens (tertiary/aromatic N) is 3. The number of amides is 1. The van der Waals surface area contributed by atoms with Crippen molar-refractivity contribution in [1.29, 1.82) is 0 Å². The van der Waals surface area contributed by atoms with Crippen molar-refractivity contribution in [3.63, 3.8) is 0 Å². The highest BCUT2D eigenvalue weighted by atomic mass is 32.2. The van der Waals surface area contributed by atoms with Gasteiger partial charge in [0.05, 0.1) is 5.75 Å². The van der Waals surface area contributed by atoms with E-state index in [0.29, 0.717) is 12.3 Å². The third-order valence-electron chi connectivity index (χ3n) is 3.59. The van der Waals surface area contributed by atoms with E-state index in [0.717, 1.165) is 48.9 Å². The fraction of sp³-hybridized carbons (Fsp3) is 0.471. The summed E-state index contributed by atoms with van der Waals surface area (Å²) in [7, 11) is 0. The van der Waals surface area contributed by atoms with Crippen LogP contribution in [-0.2, 0) is 4.79 Å². The van der Waals surface area contributed by atoms with Crippen LogP contribution in [0.15, 0.2) is 35.5 Å². The third kappa shape index (κ3) is 5.65. The van der Waals surface area contributed by atoms with Crippen molar-refractivity contribution < 1.29 is 4.79 Å². The van der Waals surface area contributed by atoms with Gasteiger partial charge in [-0.15, -0.1) is 10.2 Å². The van der Waals surface area contributed by atoms with Gasteiger partial charge in [-0.25, -0.2) is 0 Å². The Morgan fingerprint density at radius 1 is 1.17 bits per heavy atom. The number of hydrogen-bond acceptors (Lipinski definition) is 5. The zero-order valence-electron chi connectivity index (χ0n) is 14.1. The molecule has 130 valence electrons. The molecule has 0 aliphatic carbocycles. The lowest BCUT2D eigenvalue weighted by Crippen LogP contribution is -2.26. The number of nitrogens with two attached hydrogens (primary N) is 1. The van der Waals surface area contributed by atoms with E-state index in [-0.39, 0.29) is 5.91 Å². The number of aromatic nitrogens is 3. The lowest BCUT2D eigenvalue weighted by atomic mass is 10.2. The second-order valence-corrected chi connectivity index (χ2v) is 6.48. The highest BCUT2D eigenvalue weighted by Crippen LogP contribution is 2.21. The highest BCUT2D eigenvalue weighted by molar-refractivity contribution is 7.99. The predicted octanol–water partition coefficient (Wildman–Crippen LogP) is 2.30. The number of hydrogen-bond donors (Lipinski definition) is 2. The van der Waals surface area contributed by atoms with E-state index in [1.54, 1.807) is 0 Å². The molecule has 0 radical (unpaired) electrons. The number of nitrogens with one attached hydrogen (secondary N) is 1. The summed E-state index contributed by atoms with van der Waals surface area (Å²) >= 11 is 1.40. The fourth-order valence-electron chi connectivity index (χ4n) is 2.34. The van der Waals surface area contributed by atoms with Crippen molar-refractivity contribution in [3.8, 4) is 5.69 Å². The summed E-state index contributed by atoms with van der Waals surface area (Å²) < 4.78 is 1.96. The van der Waals surface area contributed by atoms with E-state index in [9.17, 15) is 4.79 Å². The Kier molecular flexibility index (Phi) is 7.77. The normalized spacial score (nSPS) is 10.8. The van der Waals surface area contributed by atoms with Crippen LogP contribution in [0.25, 0.3) is 5.69 Å². The Balaban J connectivity index is 1.79. The van der Waals surface area contributed by atoms with Crippen LogP contribution in [-0.4, -0.2) is 39.5 Å². The zero-order valence-corrected chi connectivity index (χ0v) is 14.9. The second kappa shape index (κ2) is 10.1. The molecule has 0 spiro atoms. The van der Waals surface area contributed by atoms with Gasteiger partial charge in [0.1, 0.15) is 5.82 Å². The number of thioether (sulfide) groups is 1. The molecule has 0 saturated carbocycles. The van der Waals surface area contributed by atoms with Crippen molar-refractivity contribution in [2.75, 3.05) is 18.8 Å². The molecular formula is C17H25N5OS. The minimum absolute atomic E-state index is 0.0269. The average molecular weight is 347 g/mol. The summed E-state index contributed by atoms with van der Waals surface area (Å²) in [5.74, 6) is 1.18. The molecule has 0 unspecified atom stereocenters. The Morgan fingerprint density at radius 3 is 2.67 bits per heavy atom. The smallest absolute Gasteiger partial charge is 0.230 e. The van der Waals surface area contributed by atoms with Crippen LogP contribution in [0.2, 0.25) is 0 Å². The summed E-state index contributed by atoms with van der Waals surface area (Å²) in [6.07, 6.45) is 4.28. The molecule has 2 rings (SSSR count). The molecular weight excluding hydrogens is 322 g/mol. The molecule has 7 heteroatoms. The summed E-state index contributed by atoms with van der Waals surface area (Å²) in [6.45, 7) is 3.37. The molecule has 1 aromatic carbocycles. The van der Waals surface area contributed by atoms with Crippen molar-refractivity contribution in [2.24, 2.45) is 5.73 Å². The maximum atomic E-state index is 12.0. The molecule has 1 heterocycles. The van der Waals surface area contributed by atoms with Crippen LogP contribution in [0.1, 0.15) is 31.5 Å². The molecule has 6 nitrogen and oxygen atoms in total. The van der Waals surface area contributed by atoms with Gasteiger partial charge in [0.15, 0.2) is 5.16 Å². The predicted molar refractivity (Wildman–Crippen MR) is 97.4 cm³/mol. The lowest BCUT2D eigenvalue weighted by molar-refractivity contribution is -0.118. The van der Waals surface area contributed by atoms with Gasteiger partial charge in [0, 0.05) is 12.2 Å². The molecule has 3 N–H and O–H groups in total. The van der Waals surface area contributed by atoms with Crippen LogP contribution in [0.3, 0.4) is 0 Å². The van der Waals surface area contributed by atoms with Crippen LogP contribution in [0, 0.1) is 6.92 Å². The number of unbranched alkanes of at least 4 members (excludes halogenated alkanes) is 3. The topological polar surface area (TPSA) is 85.8 Å². The molecule has 24 heavy (non-hydrogen) atoms. The minimum atomic E-state index is 0.0269. The molecule has 0 fully saturated rings. The van der Waals surface area contributed by atoms with Gasteiger partial charge in [-0.1, -0.05) is 42.8 Å². The Bertz CT molecular complexity index is 629. The van der Waals surface area contributed by atoms with E-state index < -0.39 is 0 Å². The molecule has 0 saturated heterocycles. The Labute approximate surface area is 147 Å². The van der Waals surface area contributed by atoms with E-state index in [1.165, 1.54) is 11.8 Å². The molecule has 0 aliphatic heterocycles. The lowest BCUT2D eigenvalue weighted by Gasteiger charge is -2.08. The monoisotopic (exact) mass is 347 g/mol. The number of para-hydroxylation sites is 1. The molecule has 0 aliphatic rings. The van der Waals surface area contributed by atoms with Crippen LogP contribution < -0.4 is 11.1 Å². The maximum Gasteiger partial charge on any atom is 0.230 e. The van der Waals surface area contributed by atoms with Crippen molar-refractivity contribution >= 4 is 17.7 Å². The fourth-order valence-corrected chi connectivity index (χ4v) is 3.17. The first-order valence-electron chi connectivity index (χ1n) is 8.29. The van der Waals surface area contributed by atoms with Gasteiger partial charge in [0.25, 0.3) is 0 Å². The van der Waals surface area contributed by atoms with Crippen LogP contribution in [0.4, 0.5) is 0 Å². The number of aryl methyl sites for hydroxylation is 1. The van der Waals surface area contributed by atoms with Gasteiger partial charge < -0.3 is 11.1 Å². The van der Waals surface area contributed by atoms with E-state index >= 15 is 0 Å². The van der Waals surface area contributed by atoms with E-state index in [4.69, 9.17) is 5.73 Å². The van der Waals surface area contributed by atoms with Gasteiger partial charge >= 0.3 is 0 Å². The minimum Gasteiger partial charge on any atom is -0.355 e. The number of carbonyl (C=O) groups excluding carboxylic acids is 1. The van der Waals surface area contributed by atoms with Crippen molar-refractivity contribution in [2.45, 2.75) is 37.8 Å². The van der Waals surface area contributed by atoms with E-state index in [2.05, 4.69) is 15.5 Å². The van der Waals surface area contributed by atoms with Gasteiger partial charge in [-0.3, -0.25) is 9.36 Å². The Hall–Kier alpha value is -1.86. The molecule has 0 atom stereocenters. The summed E-state index contributed by atoms with van der Waals surface area (Å²) in [6, 6.07) is 9.92.